The van der Waals surface area contributed by atoms with Crippen molar-refractivity contribution in [2.45, 2.75) is 32.2 Å². The predicted molar refractivity (Wildman–Crippen MR) is 73.0 cm³/mol. The molecule has 0 heterocycles. The normalized spacial score (nSPS) is 10.8. The summed E-state index contributed by atoms with van der Waals surface area (Å²) in [4.78, 5) is 22.3. The van der Waals surface area contributed by atoms with Crippen molar-refractivity contribution < 1.29 is 14.7 Å². The molecule has 1 rings (SSSR count). The molecule has 1 aromatic carbocycles. The molecule has 0 aliphatic heterocycles. The number of carboxylic acid groups (broad SMARTS) is 1. The summed E-state index contributed by atoms with van der Waals surface area (Å²) in [6.45, 7) is 3.60. The maximum atomic E-state index is 11.8. The number of carbonyl (C=O) groups is 2. The van der Waals surface area contributed by atoms with Crippen LogP contribution in [0.15, 0.2) is 30.3 Å². The number of hydrogen-bond acceptors (Lipinski definition) is 2. The summed E-state index contributed by atoms with van der Waals surface area (Å²) in [6.07, 6.45) is 0.497. The van der Waals surface area contributed by atoms with Gasteiger partial charge in [-0.1, -0.05) is 30.3 Å². The molecule has 0 bridgehead atoms. The summed E-state index contributed by atoms with van der Waals surface area (Å²) >= 11 is 0. The highest BCUT2D eigenvalue weighted by molar-refractivity contribution is 5.88. The number of amides is 2. The highest BCUT2D eigenvalue weighted by atomic mass is 16.4. The fraction of sp³-hybridized carbons (Fsp3) is 0.429. The van der Waals surface area contributed by atoms with Crippen molar-refractivity contribution in [1.82, 2.24) is 10.6 Å². The minimum absolute atomic E-state index is 0.317. The summed E-state index contributed by atoms with van der Waals surface area (Å²) < 4.78 is 0. The molecule has 0 radical (unpaired) electrons. The number of hydrogen-bond donors (Lipinski definition) is 3. The third-order valence-electron chi connectivity index (χ3n) is 2.76. The van der Waals surface area contributed by atoms with Gasteiger partial charge in [-0.3, -0.25) is 4.79 Å². The first-order valence-corrected chi connectivity index (χ1v) is 6.25. The van der Waals surface area contributed by atoms with Crippen molar-refractivity contribution in [2.24, 2.45) is 0 Å². The van der Waals surface area contributed by atoms with Crippen LogP contribution in [0.3, 0.4) is 0 Å². The minimum atomic E-state index is -1.20. The molecular formula is C14H20N2O3. The van der Waals surface area contributed by atoms with Crippen molar-refractivity contribution >= 4 is 12.0 Å². The third kappa shape index (κ3) is 5.42. The molecule has 0 aliphatic rings. The van der Waals surface area contributed by atoms with Crippen LogP contribution in [0.4, 0.5) is 4.79 Å². The van der Waals surface area contributed by atoms with E-state index >= 15 is 0 Å². The van der Waals surface area contributed by atoms with Crippen LogP contribution in [0.5, 0.6) is 0 Å². The van der Waals surface area contributed by atoms with Crippen molar-refractivity contribution in [3.8, 4) is 0 Å². The lowest BCUT2D eigenvalue weighted by Gasteiger charge is -2.23. The van der Waals surface area contributed by atoms with Gasteiger partial charge in [0, 0.05) is 6.54 Å². The smallest absolute Gasteiger partial charge is 0.405 e. The molecule has 0 aliphatic carbocycles. The standard InChI is InChI=1S/C14H20N2O3/c1-14(2,16-13(18)19)12(17)15-10-6-9-11-7-4-3-5-8-11/h3-5,7-8,16H,6,9-10H2,1-2H3,(H,15,17)(H,18,19). The third-order valence-corrected chi connectivity index (χ3v) is 2.76. The van der Waals surface area contributed by atoms with Crippen molar-refractivity contribution in [3.05, 3.63) is 35.9 Å². The summed E-state index contributed by atoms with van der Waals surface area (Å²) in [5.74, 6) is -0.317. The van der Waals surface area contributed by atoms with E-state index in [-0.39, 0.29) is 5.91 Å². The van der Waals surface area contributed by atoms with Gasteiger partial charge < -0.3 is 15.7 Å². The first-order chi connectivity index (χ1) is 8.92. The van der Waals surface area contributed by atoms with Gasteiger partial charge in [0.25, 0.3) is 0 Å². The molecule has 3 N–H and O–H groups in total. The molecule has 19 heavy (non-hydrogen) atoms. The van der Waals surface area contributed by atoms with Crippen LogP contribution >= 0.6 is 0 Å². The van der Waals surface area contributed by atoms with Gasteiger partial charge in [0.1, 0.15) is 5.54 Å². The molecule has 0 saturated heterocycles. The van der Waals surface area contributed by atoms with Gasteiger partial charge in [-0.15, -0.1) is 0 Å². The molecule has 1 aromatic rings. The number of benzene rings is 1. The lowest BCUT2D eigenvalue weighted by Crippen LogP contribution is -2.54. The molecule has 0 saturated carbocycles. The molecule has 0 atom stereocenters. The van der Waals surface area contributed by atoms with Gasteiger partial charge in [0.05, 0.1) is 0 Å². The molecule has 5 heteroatoms. The van der Waals surface area contributed by atoms with Crippen LogP contribution < -0.4 is 10.6 Å². The molecular weight excluding hydrogens is 244 g/mol. The Morgan fingerprint density at radius 2 is 1.84 bits per heavy atom. The Morgan fingerprint density at radius 1 is 1.21 bits per heavy atom. The Morgan fingerprint density at radius 3 is 2.42 bits per heavy atom. The lowest BCUT2D eigenvalue weighted by molar-refractivity contribution is -0.126. The fourth-order valence-corrected chi connectivity index (χ4v) is 1.68. The number of carbonyl (C=O) groups excluding carboxylic acids is 1. The van der Waals surface area contributed by atoms with E-state index < -0.39 is 11.6 Å². The first-order valence-electron chi connectivity index (χ1n) is 6.25. The topological polar surface area (TPSA) is 78.4 Å². The number of aryl methyl sites for hydroxylation is 1. The van der Waals surface area contributed by atoms with Gasteiger partial charge in [-0.2, -0.15) is 0 Å². The largest absolute Gasteiger partial charge is 0.465 e. The van der Waals surface area contributed by atoms with E-state index in [1.807, 2.05) is 30.3 Å². The zero-order chi connectivity index (χ0) is 14.3. The van der Waals surface area contributed by atoms with E-state index in [2.05, 4.69) is 10.6 Å². The Bertz CT molecular complexity index is 430. The van der Waals surface area contributed by atoms with E-state index in [1.54, 1.807) is 0 Å². The van der Waals surface area contributed by atoms with Crippen LogP contribution in [0.25, 0.3) is 0 Å². The van der Waals surface area contributed by atoms with E-state index in [1.165, 1.54) is 19.4 Å². The molecule has 0 unspecified atom stereocenters. The second-order valence-electron chi connectivity index (χ2n) is 4.90. The van der Waals surface area contributed by atoms with E-state index in [4.69, 9.17) is 5.11 Å². The van der Waals surface area contributed by atoms with E-state index in [0.717, 1.165) is 12.8 Å². The van der Waals surface area contributed by atoms with Gasteiger partial charge in [0.15, 0.2) is 0 Å². The molecule has 2 amide bonds. The molecule has 5 nitrogen and oxygen atoms in total. The number of nitrogens with one attached hydrogen (secondary N) is 2. The Balaban J connectivity index is 2.29. The second-order valence-corrected chi connectivity index (χ2v) is 4.90. The second kappa shape index (κ2) is 6.78. The van der Waals surface area contributed by atoms with Crippen LogP contribution in [0.2, 0.25) is 0 Å². The Labute approximate surface area is 113 Å². The summed E-state index contributed by atoms with van der Waals surface area (Å²) in [6, 6.07) is 10.0. The average Bonchev–Trinajstić information content (AvgIpc) is 2.34. The molecule has 0 spiro atoms. The Kier molecular flexibility index (Phi) is 5.36. The van der Waals surface area contributed by atoms with Crippen LogP contribution in [0.1, 0.15) is 25.8 Å². The van der Waals surface area contributed by atoms with E-state index in [9.17, 15) is 9.59 Å². The maximum Gasteiger partial charge on any atom is 0.405 e. The highest BCUT2D eigenvalue weighted by Crippen LogP contribution is 2.04. The van der Waals surface area contributed by atoms with Gasteiger partial charge in [0.2, 0.25) is 5.91 Å². The zero-order valence-corrected chi connectivity index (χ0v) is 11.3. The van der Waals surface area contributed by atoms with Gasteiger partial charge in [-0.05, 0) is 32.3 Å². The maximum absolute atomic E-state index is 11.8. The van der Waals surface area contributed by atoms with E-state index in [0.29, 0.717) is 6.54 Å². The zero-order valence-electron chi connectivity index (χ0n) is 11.3. The minimum Gasteiger partial charge on any atom is -0.465 e. The average molecular weight is 264 g/mol. The summed E-state index contributed by atoms with van der Waals surface area (Å²) in [7, 11) is 0. The molecule has 0 aromatic heterocycles. The van der Waals surface area contributed by atoms with Crippen molar-refractivity contribution in [3.63, 3.8) is 0 Å². The van der Waals surface area contributed by atoms with Crippen LogP contribution in [0, 0.1) is 0 Å². The highest BCUT2D eigenvalue weighted by Gasteiger charge is 2.28. The van der Waals surface area contributed by atoms with Gasteiger partial charge >= 0.3 is 6.09 Å². The van der Waals surface area contributed by atoms with Crippen molar-refractivity contribution in [2.75, 3.05) is 6.54 Å². The SMILES string of the molecule is CC(C)(NC(=O)O)C(=O)NCCCc1ccccc1. The summed E-state index contributed by atoms with van der Waals surface area (Å²) in [5.41, 5.74) is 0.109. The first kappa shape index (κ1) is 15.0. The Hall–Kier alpha value is -2.04. The summed E-state index contributed by atoms with van der Waals surface area (Å²) in [5, 5.41) is 13.5. The monoisotopic (exact) mass is 264 g/mol. The van der Waals surface area contributed by atoms with Crippen molar-refractivity contribution in [1.29, 1.82) is 0 Å². The van der Waals surface area contributed by atoms with Crippen LogP contribution in [-0.2, 0) is 11.2 Å². The van der Waals surface area contributed by atoms with Gasteiger partial charge in [-0.25, -0.2) is 4.79 Å². The van der Waals surface area contributed by atoms with Crippen LogP contribution in [-0.4, -0.2) is 29.2 Å². The lowest BCUT2D eigenvalue weighted by atomic mass is 10.0. The number of rotatable bonds is 6. The molecule has 104 valence electrons. The predicted octanol–water partition coefficient (Wildman–Crippen LogP) is 1.78. The molecule has 0 fully saturated rings. The quantitative estimate of drug-likeness (QED) is 0.685. The fourth-order valence-electron chi connectivity index (χ4n) is 1.68.